The lowest BCUT2D eigenvalue weighted by Crippen LogP contribution is -2.22. The average Bonchev–Trinajstić information content (AvgIpc) is 2.57. The minimum Gasteiger partial charge on any atom is -0.396 e. The zero-order valence-corrected chi connectivity index (χ0v) is 16.1. The normalized spacial score (nSPS) is 16.8. The summed E-state index contributed by atoms with van der Waals surface area (Å²) in [7, 11) is 0. The fourth-order valence-electron chi connectivity index (χ4n) is 3.27. The molecule has 0 saturated carbocycles. The van der Waals surface area contributed by atoms with Gasteiger partial charge in [0.1, 0.15) is 0 Å². The van der Waals surface area contributed by atoms with Gasteiger partial charge in [0.2, 0.25) is 0 Å². The minimum atomic E-state index is -0.108. The molecule has 0 fully saturated rings. The molecule has 4 nitrogen and oxygen atoms in total. The largest absolute Gasteiger partial charge is 0.396 e. The van der Waals surface area contributed by atoms with E-state index in [9.17, 15) is 10.2 Å². The van der Waals surface area contributed by atoms with Crippen LogP contribution in [-0.4, -0.2) is 46.9 Å². The smallest absolute Gasteiger partial charge is 0.0485 e. The van der Waals surface area contributed by atoms with Crippen LogP contribution in [0.15, 0.2) is 0 Å². The van der Waals surface area contributed by atoms with Gasteiger partial charge in [0.15, 0.2) is 0 Å². The topological polar surface area (TPSA) is 80.9 Å². The molecule has 0 bridgehead atoms. The van der Waals surface area contributed by atoms with Crippen LogP contribution in [0.4, 0.5) is 0 Å². The average molecular weight is 347 g/mol. The Hall–Kier alpha value is -0.160. The van der Waals surface area contributed by atoms with Gasteiger partial charge in [-0.15, -0.1) is 0 Å². The molecule has 24 heavy (non-hydrogen) atoms. The second kappa shape index (κ2) is 14.1. The summed E-state index contributed by atoms with van der Waals surface area (Å²) in [5.74, 6) is 0. The fourth-order valence-corrected chi connectivity index (χ4v) is 3.27. The van der Waals surface area contributed by atoms with E-state index in [4.69, 9.17) is 10.2 Å². The van der Waals surface area contributed by atoms with E-state index in [2.05, 4.69) is 13.8 Å². The number of aliphatic hydroxyl groups is 4. The van der Waals surface area contributed by atoms with E-state index in [1.807, 2.05) is 0 Å². The van der Waals surface area contributed by atoms with E-state index in [0.29, 0.717) is 12.8 Å². The maximum absolute atomic E-state index is 9.41. The van der Waals surface area contributed by atoms with Crippen molar-refractivity contribution in [3.05, 3.63) is 0 Å². The van der Waals surface area contributed by atoms with Crippen molar-refractivity contribution in [2.45, 2.75) is 90.9 Å². The van der Waals surface area contributed by atoms with Crippen molar-refractivity contribution in [3.8, 4) is 0 Å². The van der Waals surface area contributed by atoms with E-state index in [0.717, 1.165) is 25.7 Å². The molecule has 0 aromatic heterocycles. The Kier molecular flexibility index (Phi) is 14.0. The Morgan fingerprint density at radius 3 is 1.00 bits per heavy atom. The number of rotatable bonds is 17. The first-order chi connectivity index (χ1) is 11.4. The van der Waals surface area contributed by atoms with Crippen LogP contribution in [0.2, 0.25) is 0 Å². The molecule has 2 unspecified atom stereocenters. The van der Waals surface area contributed by atoms with E-state index in [1.54, 1.807) is 0 Å². The Balaban J connectivity index is 3.52. The Bertz CT molecular complexity index is 257. The molecule has 0 heterocycles. The van der Waals surface area contributed by atoms with Gasteiger partial charge in [-0.3, -0.25) is 0 Å². The lowest BCUT2D eigenvalue weighted by atomic mass is 9.82. The third-order valence-electron chi connectivity index (χ3n) is 5.50. The standard InChI is InChI=1S/C20H42O4/c1-19(17-23,13-15-21)11-9-7-5-3-4-6-8-10-12-20(2,18-24)14-16-22/h21-24H,3-18H2,1-2H3. The van der Waals surface area contributed by atoms with Crippen LogP contribution in [-0.2, 0) is 0 Å². The van der Waals surface area contributed by atoms with Crippen molar-refractivity contribution in [1.82, 2.24) is 0 Å². The number of hydrogen-bond donors (Lipinski definition) is 4. The quantitative estimate of drug-likeness (QED) is 0.303. The van der Waals surface area contributed by atoms with Gasteiger partial charge >= 0.3 is 0 Å². The third kappa shape index (κ3) is 11.4. The minimum absolute atomic E-state index is 0.108. The fraction of sp³-hybridized carbons (Fsp3) is 1.00. The van der Waals surface area contributed by atoms with Crippen LogP contribution in [0.5, 0.6) is 0 Å². The molecule has 0 aromatic rings. The molecule has 146 valence electrons. The molecule has 0 aliphatic heterocycles. The van der Waals surface area contributed by atoms with Gasteiger partial charge in [-0.2, -0.15) is 0 Å². The number of hydrogen-bond acceptors (Lipinski definition) is 4. The van der Waals surface area contributed by atoms with E-state index in [1.165, 1.54) is 38.5 Å². The molecule has 0 aromatic carbocycles. The molecule has 0 radical (unpaired) electrons. The Labute approximate surface area is 149 Å². The molecule has 4 heteroatoms. The summed E-state index contributed by atoms with van der Waals surface area (Å²) in [5, 5.41) is 36.9. The van der Waals surface area contributed by atoms with Gasteiger partial charge < -0.3 is 20.4 Å². The monoisotopic (exact) mass is 346 g/mol. The number of aliphatic hydroxyl groups excluding tert-OH is 4. The zero-order chi connectivity index (χ0) is 18.3. The first-order valence-corrected chi connectivity index (χ1v) is 9.89. The van der Waals surface area contributed by atoms with Crippen molar-refractivity contribution in [1.29, 1.82) is 0 Å². The molecular weight excluding hydrogens is 304 g/mol. The van der Waals surface area contributed by atoms with Crippen molar-refractivity contribution in [3.63, 3.8) is 0 Å². The zero-order valence-electron chi connectivity index (χ0n) is 16.1. The molecular formula is C20H42O4. The van der Waals surface area contributed by atoms with Gasteiger partial charge in [-0.05, 0) is 36.5 Å². The van der Waals surface area contributed by atoms with Crippen molar-refractivity contribution in [2.24, 2.45) is 10.8 Å². The maximum Gasteiger partial charge on any atom is 0.0485 e. The van der Waals surface area contributed by atoms with Crippen molar-refractivity contribution >= 4 is 0 Å². The van der Waals surface area contributed by atoms with Gasteiger partial charge in [-0.1, -0.05) is 65.2 Å². The van der Waals surface area contributed by atoms with Crippen LogP contribution in [0.3, 0.4) is 0 Å². The molecule has 0 aliphatic carbocycles. The second-order valence-electron chi connectivity index (χ2n) is 8.21. The highest BCUT2D eigenvalue weighted by Crippen LogP contribution is 2.29. The van der Waals surface area contributed by atoms with Crippen LogP contribution in [0.25, 0.3) is 0 Å². The Morgan fingerprint density at radius 1 is 0.458 bits per heavy atom. The second-order valence-corrected chi connectivity index (χ2v) is 8.21. The highest BCUT2D eigenvalue weighted by atomic mass is 16.3. The summed E-state index contributed by atoms with van der Waals surface area (Å²) in [6.07, 6.45) is 13.1. The molecule has 0 spiro atoms. The molecule has 4 N–H and O–H groups in total. The maximum atomic E-state index is 9.41. The molecule has 0 saturated heterocycles. The van der Waals surface area contributed by atoms with E-state index < -0.39 is 0 Å². The van der Waals surface area contributed by atoms with Gasteiger partial charge in [-0.25, -0.2) is 0 Å². The molecule has 0 amide bonds. The first-order valence-electron chi connectivity index (χ1n) is 9.89. The highest BCUT2D eigenvalue weighted by Gasteiger charge is 2.22. The number of unbranched alkanes of at least 4 members (excludes halogenated alkanes) is 7. The molecule has 0 aliphatic rings. The summed E-state index contributed by atoms with van der Waals surface area (Å²) >= 11 is 0. The SMILES string of the molecule is CC(CO)(CCO)CCCCCCCCCCC(C)(CO)CCO. The summed E-state index contributed by atoms with van der Waals surface area (Å²) in [4.78, 5) is 0. The van der Waals surface area contributed by atoms with Crippen molar-refractivity contribution < 1.29 is 20.4 Å². The van der Waals surface area contributed by atoms with Crippen LogP contribution < -0.4 is 0 Å². The van der Waals surface area contributed by atoms with Crippen LogP contribution in [0.1, 0.15) is 90.9 Å². The van der Waals surface area contributed by atoms with E-state index in [-0.39, 0.29) is 37.3 Å². The lowest BCUT2D eigenvalue weighted by molar-refractivity contribution is 0.0951. The van der Waals surface area contributed by atoms with Gasteiger partial charge in [0, 0.05) is 26.4 Å². The molecule has 0 rings (SSSR count). The summed E-state index contributed by atoms with van der Waals surface area (Å²) in [5.41, 5.74) is -0.217. The summed E-state index contributed by atoms with van der Waals surface area (Å²) in [6, 6.07) is 0. The van der Waals surface area contributed by atoms with Crippen LogP contribution in [0, 0.1) is 10.8 Å². The molecule has 2 atom stereocenters. The lowest BCUT2D eigenvalue weighted by Gasteiger charge is -2.26. The van der Waals surface area contributed by atoms with Crippen molar-refractivity contribution in [2.75, 3.05) is 26.4 Å². The van der Waals surface area contributed by atoms with Gasteiger partial charge in [0.05, 0.1) is 0 Å². The third-order valence-corrected chi connectivity index (χ3v) is 5.50. The summed E-state index contributed by atoms with van der Waals surface area (Å²) in [6.45, 7) is 4.75. The Morgan fingerprint density at radius 2 is 0.750 bits per heavy atom. The highest BCUT2D eigenvalue weighted by molar-refractivity contribution is 4.73. The summed E-state index contributed by atoms with van der Waals surface area (Å²) < 4.78 is 0. The van der Waals surface area contributed by atoms with Crippen LogP contribution >= 0.6 is 0 Å². The van der Waals surface area contributed by atoms with E-state index >= 15 is 0 Å². The first kappa shape index (κ1) is 23.8. The van der Waals surface area contributed by atoms with Gasteiger partial charge in [0.25, 0.3) is 0 Å². The predicted molar refractivity (Wildman–Crippen MR) is 100.0 cm³/mol. The predicted octanol–water partition coefficient (Wildman–Crippen LogP) is 3.65.